The van der Waals surface area contributed by atoms with Gasteiger partial charge in [-0.05, 0) is 30.3 Å². The minimum atomic E-state index is -3.79. The van der Waals surface area contributed by atoms with Gasteiger partial charge < -0.3 is 9.47 Å². The number of thiazole rings is 1. The van der Waals surface area contributed by atoms with Crippen LogP contribution in [0.1, 0.15) is 6.42 Å². The summed E-state index contributed by atoms with van der Waals surface area (Å²) in [5.74, 6) is 0.992. The van der Waals surface area contributed by atoms with E-state index in [0.29, 0.717) is 30.4 Å². The van der Waals surface area contributed by atoms with Gasteiger partial charge in [0.15, 0.2) is 11.5 Å². The van der Waals surface area contributed by atoms with Gasteiger partial charge in [0.2, 0.25) is 0 Å². The summed E-state index contributed by atoms with van der Waals surface area (Å²) in [6.45, 7) is 1.04. The third-order valence-corrected chi connectivity index (χ3v) is 7.02. The van der Waals surface area contributed by atoms with E-state index in [4.69, 9.17) is 9.47 Å². The van der Waals surface area contributed by atoms with Gasteiger partial charge in [0.25, 0.3) is 10.0 Å². The van der Waals surface area contributed by atoms with Gasteiger partial charge in [0.05, 0.1) is 28.3 Å². The molecule has 9 heteroatoms. The first-order valence-corrected chi connectivity index (χ1v) is 11.6. The molecule has 2 aromatic heterocycles. The van der Waals surface area contributed by atoms with E-state index in [1.807, 2.05) is 12.1 Å². The van der Waals surface area contributed by atoms with Crippen LogP contribution >= 0.6 is 11.3 Å². The summed E-state index contributed by atoms with van der Waals surface area (Å²) in [4.78, 5) is 8.84. The molecule has 0 amide bonds. The Morgan fingerprint density at radius 3 is 2.73 bits per heavy atom. The van der Waals surface area contributed by atoms with Crippen molar-refractivity contribution in [3.63, 3.8) is 0 Å². The van der Waals surface area contributed by atoms with E-state index in [1.54, 1.807) is 36.7 Å². The van der Waals surface area contributed by atoms with Gasteiger partial charge in [-0.3, -0.25) is 9.71 Å². The fraction of sp³-hybridized carbons (Fsp3) is 0.143. The van der Waals surface area contributed by atoms with Crippen LogP contribution in [0.25, 0.3) is 20.8 Å². The molecule has 0 unspecified atom stereocenters. The summed E-state index contributed by atoms with van der Waals surface area (Å²) in [7, 11) is -3.79. The van der Waals surface area contributed by atoms with E-state index in [-0.39, 0.29) is 4.90 Å². The number of hydrogen-bond acceptors (Lipinski definition) is 7. The number of hydrogen-bond donors (Lipinski definition) is 1. The fourth-order valence-electron chi connectivity index (χ4n) is 3.14. The first kappa shape index (κ1) is 18.8. The van der Waals surface area contributed by atoms with E-state index in [0.717, 1.165) is 27.2 Å². The molecule has 0 bridgehead atoms. The fourth-order valence-corrected chi connectivity index (χ4v) is 5.14. The predicted octanol–water partition coefficient (Wildman–Crippen LogP) is 4.32. The lowest BCUT2D eigenvalue weighted by molar-refractivity contribution is 0.297. The smallest absolute Gasteiger partial charge is 0.262 e. The Morgan fingerprint density at radius 1 is 1.00 bits per heavy atom. The molecule has 0 aliphatic carbocycles. The van der Waals surface area contributed by atoms with Gasteiger partial charge in [-0.1, -0.05) is 12.1 Å². The summed E-state index contributed by atoms with van der Waals surface area (Å²) in [5.41, 5.74) is 2.15. The lowest BCUT2D eigenvalue weighted by Crippen LogP contribution is -2.13. The Bertz CT molecular complexity index is 1300. The third kappa shape index (κ3) is 3.69. The normalized spacial score (nSPS) is 13.7. The van der Waals surface area contributed by atoms with Crippen LogP contribution in [0, 0.1) is 0 Å². The molecule has 3 heterocycles. The number of sulfonamides is 1. The Balaban J connectivity index is 1.44. The summed E-state index contributed by atoms with van der Waals surface area (Å²) in [5, 5.41) is 0.801. The maximum absolute atomic E-state index is 12.9. The zero-order valence-corrected chi connectivity index (χ0v) is 17.4. The number of benzene rings is 2. The summed E-state index contributed by atoms with van der Waals surface area (Å²) in [6.07, 6.45) is 4.22. The van der Waals surface area contributed by atoms with Gasteiger partial charge in [-0.15, -0.1) is 11.3 Å². The van der Waals surface area contributed by atoms with Crippen molar-refractivity contribution in [3.05, 3.63) is 60.9 Å². The molecule has 152 valence electrons. The number of ether oxygens (including phenoxy) is 2. The Labute approximate surface area is 177 Å². The van der Waals surface area contributed by atoms with Crippen molar-refractivity contribution >= 4 is 37.3 Å². The topological polar surface area (TPSA) is 90.4 Å². The maximum Gasteiger partial charge on any atom is 0.262 e. The standard InChI is InChI=1S/C21H17N3O4S2/c25-30(26,16-5-6-18-19(12-16)28-10-2-9-27-18)24-15-4-1-3-14(11-15)21-23-17-7-8-22-13-20(17)29-21/h1,3-8,11-13,24H,2,9-10H2. The summed E-state index contributed by atoms with van der Waals surface area (Å²) in [6, 6.07) is 13.7. The monoisotopic (exact) mass is 439 g/mol. The molecule has 0 saturated heterocycles. The van der Waals surface area contributed by atoms with Crippen molar-refractivity contribution in [2.45, 2.75) is 11.3 Å². The van der Waals surface area contributed by atoms with Crippen LogP contribution in [0.3, 0.4) is 0 Å². The number of nitrogens with zero attached hydrogens (tertiary/aromatic N) is 2. The molecule has 5 rings (SSSR count). The van der Waals surface area contributed by atoms with Crippen molar-refractivity contribution in [1.29, 1.82) is 0 Å². The number of anilines is 1. The Hall–Kier alpha value is -3.17. The van der Waals surface area contributed by atoms with E-state index in [1.165, 1.54) is 23.5 Å². The largest absolute Gasteiger partial charge is 0.490 e. The van der Waals surface area contributed by atoms with Crippen molar-refractivity contribution in [2.24, 2.45) is 0 Å². The summed E-state index contributed by atoms with van der Waals surface area (Å²) >= 11 is 1.51. The van der Waals surface area contributed by atoms with Crippen molar-refractivity contribution in [1.82, 2.24) is 9.97 Å². The summed E-state index contributed by atoms with van der Waals surface area (Å²) < 4.78 is 40.7. The van der Waals surface area contributed by atoms with Gasteiger partial charge in [-0.2, -0.15) is 0 Å². The van der Waals surface area contributed by atoms with Crippen LogP contribution in [0.4, 0.5) is 5.69 Å². The number of nitrogens with one attached hydrogen (secondary N) is 1. The van der Waals surface area contributed by atoms with Crippen LogP contribution < -0.4 is 14.2 Å². The first-order valence-electron chi connectivity index (χ1n) is 9.32. The molecule has 4 aromatic rings. The zero-order valence-electron chi connectivity index (χ0n) is 15.7. The van der Waals surface area contributed by atoms with E-state index < -0.39 is 10.0 Å². The minimum absolute atomic E-state index is 0.114. The van der Waals surface area contributed by atoms with E-state index >= 15 is 0 Å². The zero-order chi connectivity index (χ0) is 20.6. The Kier molecular flexibility index (Phi) is 4.76. The number of rotatable bonds is 4. The molecule has 0 atom stereocenters. The number of aromatic nitrogens is 2. The number of pyridine rings is 1. The second kappa shape index (κ2) is 7.58. The highest BCUT2D eigenvalue weighted by Gasteiger charge is 2.19. The highest BCUT2D eigenvalue weighted by molar-refractivity contribution is 7.92. The lowest BCUT2D eigenvalue weighted by Gasteiger charge is -2.12. The second-order valence-corrected chi connectivity index (χ2v) is 9.42. The van der Waals surface area contributed by atoms with Crippen LogP contribution in [0.2, 0.25) is 0 Å². The molecular formula is C21H17N3O4S2. The average molecular weight is 440 g/mol. The van der Waals surface area contributed by atoms with E-state index in [2.05, 4.69) is 14.7 Å². The second-order valence-electron chi connectivity index (χ2n) is 6.71. The highest BCUT2D eigenvalue weighted by atomic mass is 32.2. The molecule has 0 spiro atoms. The van der Waals surface area contributed by atoms with Crippen molar-refractivity contribution < 1.29 is 17.9 Å². The van der Waals surface area contributed by atoms with Gasteiger partial charge in [0.1, 0.15) is 5.01 Å². The van der Waals surface area contributed by atoms with Gasteiger partial charge in [-0.25, -0.2) is 13.4 Å². The molecule has 1 aliphatic heterocycles. The molecule has 1 N–H and O–H groups in total. The lowest BCUT2D eigenvalue weighted by atomic mass is 10.2. The molecular weight excluding hydrogens is 422 g/mol. The third-order valence-electron chi connectivity index (χ3n) is 4.58. The molecule has 0 fully saturated rings. The number of fused-ring (bicyclic) bond motifs is 2. The molecule has 0 saturated carbocycles. The molecule has 2 aromatic carbocycles. The molecule has 30 heavy (non-hydrogen) atoms. The van der Waals surface area contributed by atoms with Crippen LogP contribution in [-0.2, 0) is 10.0 Å². The first-order chi connectivity index (χ1) is 14.6. The minimum Gasteiger partial charge on any atom is -0.490 e. The quantitative estimate of drug-likeness (QED) is 0.509. The van der Waals surface area contributed by atoms with E-state index in [9.17, 15) is 8.42 Å². The SMILES string of the molecule is O=S(=O)(Nc1cccc(-c2nc3ccncc3s2)c1)c1ccc2c(c1)OCCCO2. The van der Waals surface area contributed by atoms with Crippen LogP contribution in [0.5, 0.6) is 11.5 Å². The molecule has 7 nitrogen and oxygen atoms in total. The van der Waals surface area contributed by atoms with Crippen molar-refractivity contribution in [3.8, 4) is 22.1 Å². The Morgan fingerprint density at radius 2 is 1.87 bits per heavy atom. The maximum atomic E-state index is 12.9. The van der Waals surface area contributed by atoms with Crippen LogP contribution in [0.15, 0.2) is 65.8 Å². The van der Waals surface area contributed by atoms with Gasteiger partial charge >= 0.3 is 0 Å². The predicted molar refractivity (Wildman–Crippen MR) is 116 cm³/mol. The molecule has 1 aliphatic rings. The van der Waals surface area contributed by atoms with Crippen LogP contribution in [-0.4, -0.2) is 31.6 Å². The van der Waals surface area contributed by atoms with Crippen molar-refractivity contribution in [2.75, 3.05) is 17.9 Å². The highest BCUT2D eigenvalue weighted by Crippen LogP contribution is 2.34. The average Bonchev–Trinajstić information content (AvgIpc) is 3.04. The molecule has 0 radical (unpaired) electrons. The van der Waals surface area contributed by atoms with Gasteiger partial charge in [0, 0.05) is 36.1 Å².